The van der Waals surface area contributed by atoms with Gasteiger partial charge in [-0.3, -0.25) is 4.79 Å². The lowest BCUT2D eigenvalue weighted by atomic mass is 10.1. The second kappa shape index (κ2) is 7.95. The van der Waals surface area contributed by atoms with Gasteiger partial charge in [0.2, 0.25) is 5.91 Å². The fourth-order valence-corrected chi connectivity index (χ4v) is 3.05. The molecule has 1 N–H and O–H groups in total. The zero-order valence-corrected chi connectivity index (χ0v) is 15.4. The average Bonchev–Trinajstić information content (AvgIpc) is 3.07. The number of hydrogen-bond acceptors (Lipinski definition) is 5. The van der Waals surface area contributed by atoms with Crippen molar-refractivity contribution in [3.8, 4) is 0 Å². The number of benzene rings is 1. The number of carbonyl (C=O) groups is 1. The van der Waals surface area contributed by atoms with E-state index in [1.165, 1.54) is 6.33 Å². The molecule has 2 aromatic heterocycles. The van der Waals surface area contributed by atoms with Crippen LogP contribution in [0.4, 0.5) is 11.5 Å². The molecule has 1 aromatic carbocycles. The number of anilines is 2. The Morgan fingerprint density at radius 2 is 1.92 bits per heavy atom. The lowest BCUT2D eigenvalue weighted by Gasteiger charge is -2.19. The maximum atomic E-state index is 12.5. The summed E-state index contributed by atoms with van der Waals surface area (Å²) in [5.41, 5.74) is 2.62. The number of fused-ring (bicyclic) bond motifs is 1. The van der Waals surface area contributed by atoms with Gasteiger partial charge in [-0.05, 0) is 31.9 Å². The van der Waals surface area contributed by atoms with Gasteiger partial charge in [-0.2, -0.15) is 5.10 Å². The van der Waals surface area contributed by atoms with E-state index in [0.29, 0.717) is 5.65 Å². The van der Waals surface area contributed by atoms with Crippen molar-refractivity contribution in [1.82, 2.24) is 19.7 Å². The summed E-state index contributed by atoms with van der Waals surface area (Å²) in [6.07, 6.45) is 4.12. The lowest BCUT2D eigenvalue weighted by Crippen LogP contribution is -2.23. The molecule has 0 bridgehead atoms. The summed E-state index contributed by atoms with van der Waals surface area (Å²) in [7, 11) is 0. The third kappa shape index (κ3) is 3.51. The minimum atomic E-state index is -0.126. The standard InChI is InChI=1S/C19H24N6O/c1-4-14-9-7-8-10-16(14)23-17(26)12-25-19-15(11-22-25)18(20-13-21-19)24(5-2)6-3/h7-11,13H,4-6,12H2,1-3H3,(H,23,26). The molecular formula is C19H24N6O. The van der Waals surface area contributed by atoms with Gasteiger partial charge in [0.1, 0.15) is 18.7 Å². The van der Waals surface area contributed by atoms with Crippen molar-refractivity contribution in [2.24, 2.45) is 0 Å². The molecule has 3 aromatic rings. The van der Waals surface area contributed by atoms with Gasteiger partial charge >= 0.3 is 0 Å². The van der Waals surface area contributed by atoms with Gasteiger partial charge in [0.15, 0.2) is 5.65 Å². The summed E-state index contributed by atoms with van der Waals surface area (Å²) in [4.78, 5) is 23.4. The normalized spacial score (nSPS) is 10.9. The van der Waals surface area contributed by atoms with Crippen LogP contribution in [-0.2, 0) is 17.8 Å². The van der Waals surface area contributed by atoms with Gasteiger partial charge in [0, 0.05) is 18.8 Å². The molecule has 0 aliphatic heterocycles. The molecule has 0 saturated carbocycles. The molecule has 0 unspecified atom stereocenters. The van der Waals surface area contributed by atoms with Crippen LogP contribution in [0.3, 0.4) is 0 Å². The van der Waals surface area contributed by atoms with Crippen LogP contribution in [0, 0.1) is 0 Å². The zero-order valence-electron chi connectivity index (χ0n) is 15.4. The molecule has 0 fully saturated rings. The SMILES string of the molecule is CCc1ccccc1NC(=O)Cn1ncc2c(N(CC)CC)ncnc21. The molecule has 2 heterocycles. The Bertz CT molecular complexity index is 900. The van der Waals surface area contributed by atoms with Crippen molar-refractivity contribution in [3.05, 3.63) is 42.4 Å². The van der Waals surface area contributed by atoms with Gasteiger partial charge in [-0.25, -0.2) is 14.6 Å². The third-order valence-corrected chi connectivity index (χ3v) is 4.44. The number of para-hydroxylation sites is 1. The van der Waals surface area contributed by atoms with E-state index in [1.54, 1.807) is 10.9 Å². The summed E-state index contributed by atoms with van der Waals surface area (Å²) >= 11 is 0. The first-order valence-corrected chi connectivity index (χ1v) is 8.97. The van der Waals surface area contributed by atoms with Crippen LogP contribution in [0.5, 0.6) is 0 Å². The molecule has 0 atom stereocenters. The van der Waals surface area contributed by atoms with Gasteiger partial charge in [-0.15, -0.1) is 0 Å². The highest BCUT2D eigenvalue weighted by atomic mass is 16.2. The van der Waals surface area contributed by atoms with E-state index in [4.69, 9.17) is 0 Å². The van der Waals surface area contributed by atoms with Gasteiger partial charge in [0.25, 0.3) is 0 Å². The summed E-state index contributed by atoms with van der Waals surface area (Å²) in [6, 6.07) is 7.82. The number of nitrogens with zero attached hydrogens (tertiary/aromatic N) is 5. The number of rotatable bonds is 7. The second-order valence-electron chi connectivity index (χ2n) is 5.97. The number of hydrogen-bond donors (Lipinski definition) is 1. The van der Waals surface area contributed by atoms with E-state index in [0.717, 1.165) is 42.0 Å². The third-order valence-electron chi connectivity index (χ3n) is 4.44. The molecule has 136 valence electrons. The number of aryl methyl sites for hydroxylation is 1. The Labute approximate surface area is 153 Å². The maximum Gasteiger partial charge on any atom is 0.246 e. The van der Waals surface area contributed by atoms with E-state index in [-0.39, 0.29) is 12.5 Å². The summed E-state index contributed by atoms with van der Waals surface area (Å²) in [5.74, 6) is 0.724. The molecule has 7 nitrogen and oxygen atoms in total. The molecule has 7 heteroatoms. The molecular weight excluding hydrogens is 328 g/mol. The van der Waals surface area contributed by atoms with Crippen molar-refractivity contribution in [1.29, 1.82) is 0 Å². The number of carbonyl (C=O) groups excluding carboxylic acids is 1. The second-order valence-corrected chi connectivity index (χ2v) is 5.97. The van der Waals surface area contributed by atoms with E-state index >= 15 is 0 Å². The summed E-state index contributed by atoms with van der Waals surface area (Å²) < 4.78 is 1.62. The molecule has 3 rings (SSSR count). The number of aromatic nitrogens is 4. The van der Waals surface area contributed by atoms with Crippen LogP contribution in [0.25, 0.3) is 11.0 Å². The Hall–Kier alpha value is -2.96. The van der Waals surface area contributed by atoms with Crippen LogP contribution < -0.4 is 10.2 Å². The monoisotopic (exact) mass is 352 g/mol. The fraction of sp³-hybridized carbons (Fsp3) is 0.368. The predicted molar refractivity (Wildman–Crippen MR) is 103 cm³/mol. The summed E-state index contributed by atoms with van der Waals surface area (Å²) in [5, 5.41) is 8.19. The van der Waals surface area contributed by atoms with Crippen LogP contribution >= 0.6 is 0 Å². The van der Waals surface area contributed by atoms with Crippen molar-refractivity contribution in [2.75, 3.05) is 23.3 Å². The Morgan fingerprint density at radius 1 is 1.15 bits per heavy atom. The first-order chi connectivity index (χ1) is 12.7. The maximum absolute atomic E-state index is 12.5. The lowest BCUT2D eigenvalue weighted by molar-refractivity contribution is -0.116. The van der Waals surface area contributed by atoms with Crippen molar-refractivity contribution in [2.45, 2.75) is 33.7 Å². The van der Waals surface area contributed by atoms with E-state index in [1.807, 2.05) is 24.3 Å². The highest BCUT2D eigenvalue weighted by molar-refractivity contribution is 5.93. The zero-order chi connectivity index (χ0) is 18.5. The van der Waals surface area contributed by atoms with Crippen LogP contribution in [0.15, 0.2) is 36.8 Å². The van der Waals surface area contributed by atoms with Crippen molar-refractivity contribution < 1.29 is 4.79 Å². The molecule has 0 spiro atoms. The largest absolute Gasteiger partial charge is 0.356 e. The first kappa shape index (κ1) is 17.8. The topological polar surface area (TPSA) is 75.9 Å². The molecule has 0 aliphatic carbocycles. The highest BCUT2D eigenvalue weighted by Crippen LogP contribution is 2.22. The Balaban J connectivity index is 1.83. The average molecular weight is 352 g/mol. The smallest absolute Gasteiger partial charge is 0.246 e. The highest BCUT2D eigenvalue weighted by Gasteiger charge is 2.15. The van der Waals surface area contributed by atoms with E-state index in [9.17, 15) is 4.79 Å². The van der Waals surface area contributed by atoms with Gasteiger partial charge < -0.3 is 10.2 Å². The number of nitrogens with one attached hydrogen (secondary N) is 1. The quantitative estimate of drug-likeness (QED) is 0.707. The predicted octanol–water partition coefficient (Wildman–Crippen LogP) is 2.87. The molecule has 26 heavy (non-hydrogen) atoms. The minimum Gasteiger partial charge on any atom is -0.356 e. The number of amides is 1. The molecule has 0 radical (unpaired) electrons. The van der Waals surface area contributed by atoms with Crippen molar-refractivity contribution in [3.63, 3.8) is 0 Å². The van der Waals surface area contributed by atoms with Gasteiger partial charge in [0.05, 0.1) is 11.6 Å². The minimum absolute atomic E-state index is 0.107. The molecule has 0 saturated heterocycles. The van der Waals surface area contributed by atoms with Crippen LogP contribution in [-0.4, -0.2) is 38.7 Å². The first-order valence-electron chi connectivity index (χ1n) is 8.97. The Morgan fingerprint density at radius 3 is 2.65 bits per heavy atom. The van der Waals surface area contributed by atoms with Crippen LogP contribution in [0.1, 0.15) is 26.3 Å². The van der Waals surface area contributed by atoms with E-state index in [2.05, 4.69) is 46.1 Å². The van der Waals surface area contributed by atoms with Crippen molar-refractivity contribution >= 4 is 28.4 Å². The fourth-order valence-electron chi connectivity index (χ4n) is 3.05. The van der Waals surface area contributed by atoms with Gasteiger partial charge in [-0.1, -0.05) is 25.1 Å². The Kier molecular flexibility index (Phi) is 5.46. The molecule has 0 aliphatic rings. The summed E-state index contributed by atoms with van der Waals surface area (Å²) in [6.45, 7) is 8.04. The van der Waals surface area contributed by atoms with E-state index < -0.39 is 0 Å². The molecule has 1 amide bonds. The van der Waals surface area contributed by atoms with Crippen LogP contribution in [0.2, 0.25) is 0 Å².